The molecule has 1 aromatic carbocycles. The average Bonchev–Trinajstić information content (AvgIpc) is 3.21. The summed E-state index contributed by atoms with van der Waals surface area (Å²) in [4.78, 5) is 14.2. The topological polar surface area (TPSA) is 41.6 Å². The van der Waals surface area contributed by atoms with E-state index in [1.54, 1.807) is 12.1 Å². The van der Waals surface area contributed by atoms with Crippen LogP contribution >= 0.6 is 0 Å². The molecule has 1 N–H and O–H groups in total. The molecule has 2 fully saturated rings. The van der Waals surface area contributed by atoms with Crippen molar-refractivity contribution in [3.8, 4) is 5.75 Å². The summed E-state index contributed by atoms with van der Waals surface area (Å²) in [5, 5.41) is 3.15. The first-order chi connectivity index (χ1) is 11.2. The molecule has 1 aromatic rings. The minimum Gasteiger partial charge on any atom is -0.494 e. The highest BCUT2D eigenvalue weighted by Gasteiger charge is 2.28. The number of urea groups is 1. The van der Waals surface area contributed by atoms with Gasteiger partial charge in [-0.15, -0.1) is 0 Å². The lowest BCUT2D eigenvalue weighted by molar-refractivity contribution is 0.201. The number of likely N-dealkylation sites (tertiary alicyclic amines) is 1. The van der Waals surface area contributed by atoms with E-state index in [2.05, 4.69) is 5.32 Å². The van der Waals surface area contributed by atoms with Crippen LogP contribution in [0.2, 0.25) is 0 Å². The fourth-order valence-corrected chi connectivity index (χ4v) is 3.46. The molecule has 0 radical (unpaired) electrons. The van der Waals surface area contributed by atoms with Crippen LogP contribution in [0.3, 0.4) is 0 Å². The summed E-state index contributed by atoms with van der Waals surface area (Å²) >= 11 is 0. The molecule has 1 unspecified atom stereocenters. The van der Waals surface area contributed by atoms with Crippen LogP contribution in [0.25, 0.3) is 0 Å². The van der Waals surface area contributed by atoms with Crippen LogP contribution in [0.15, 0.2) is 24.3 Å². The van der Waals surface area contributed by atoms with Gasteiger partial charge in [-0.3, -0.25) is 0 Å². The van der Waals surface area contributed by atoms with Crippen LogP contribution in [-0.2, 0) is 0 Å². The third kappa shape index (κ3) is 4.60. The maximum absolute atomic E-state index is 12.8. The van der Waals surface area contributed by atoms with Crippen molar-refractivity contribution in [3.63, 3.8) is 0 Å². The summed E-state index contributed by atoms with van der Waals surface area (Å²) in [6, 6.07) is 6.57. The second kappa shape index (κ2) is 7.66. The van der Waals surface area contributed by atoms with Gasteiger partial charge in [0.1, 0.15) is 11.6 Å². The summed E-state index contributed by atoms with van der Waals surface area (Å²) in [6.07, 6.45) is 6.65. The molecule has 2 aliphatic rings. The Bertz CT molecular complexity index is 514. The number of carbonyl (C=O) groups excluding carboxylic acids is 1. The first-order valence-electron chi connectivity index (χ1n) is 8.64. The van der Waals surface area contributed by atoms with Gasteiger partial charge >= 0.3 is 6.03 Å². The van der Waals surface area contributed by atoms with E-state index in [9.17, 15) is 9.18 Å². The van der Waals surface area contributed by atoms with Crippen LogP contribution in [-0.4, -0.2) is 36.7 Å². The number of amides is 2. The number of halogens is 1. The molecule has 0 bridgehead atoms. The van der Waals surface area contributed by atoms with Crippen LogP contribution in [0.1, 0.15) is 38.5 Å². The van der Waals surface area contributed by atoms with E-state index in [1.807, 2.05) is 4.90 Å². The molecule has 1 aliphatic heterocycles. The molecule has 4 nitrogen and oxygen atoms in total. The molecule has 5 heteroatoms. The third-order valence-electron chi connectivity index (χ3n) is 4.86. The van der Waals surface area contributed by atoms with Gasteiger partial charge in [0.15, 0.2) is 0 Å². The Balaban J connectivity index is 1.36. The molecule has 0 spiro atoms. The molecule has 0 aromatic heterocycles. The Kier molecular flexibility index (Phi) is 5.36. The fourth-order valence-electron chi connectivity index (χ4n) is 3.46. The largest absolute Gasteiger partial charge is 0.494 e. The van der Waals surface area contributed by atoms with Gasteiger partial charge in [0.05, 0.1) is 6.61 Å². The van der Waals surface area contributed by atoms with Crippen molar-refractivity contribution in [2.45, 2.75) is 44.6 Å². The van der Waals surface area contributed by atoms with Gasteiger partial charge in [-0.2, -0.15) is 0 Å². The molecular weight excluding hydrogens is 295 g/mol. The van der Waals surface area contributed by atoms with Crippen LogP contribution in [0.5, 0.6) is 5.75 Å². The third-order valence-corrected chi connectivity index (χ3v) is 4.86. The summed E-state index contributed by atoms with van der Waals surface area (Å²) in [6.45, 7) is 2.25. The standard InChI is InChI=1S/C18H25FN2O2/c19-15-5-7-17(8-6-15)23-12-10-14-9-11-21(13-14)18(22)20-16-3-1-2-4-16/h5-8,14,16H,1-4,9-13H2,(H,20,22). The molecule has 3 rings (SSSR count). The number of hydrogen-bond donors (Lipinski definition) is 1. The summed E-state index contributed by atoms with van der Waals surface area (Å²) < 4.78 is 18.5. The normalized spacial score (nSPS) is 21.6. The van der Waals surface area contributed by atoms with Crippen LogP contribution < -0.4 is 10.1 Å². The fraction of sp³-hybridized carbons (Fsp3) is 0.611. The highest BCUT2D eigenvalue weighted by molar-refractivity contribution is 5.74. The van der Waals surface area contributed by atoms with Crippen LogP contribution in [0, 0.1) is 11.7 Å². The smallest absolute Gasteiger partial charge is 0.317 e. The van der Waals surface area contributed by atoms with E-state index >= 15 is 0 Å². The van der Waals surface area contributed by atoms with Crippen molar-refractivity contribution in [3.05, 3.63) is 30.1 Å². The monoisotopic (exact) mass is 320 g/mol. The number of ether oxygens (including phenoxy) is 1. The van der Waals surface area contributed by atoms with Gasteiger partial charge in [-0.05, 0) is 55.9 Å². The molecule has 2 amide bonds. The molecule has 23 heavy (non-hydrogen) atoms. The minimum atomic E-state index is -0.253. The molecule has 126 valence electrons. The van der Waals surface area contributed by atoms with Gasteiger partial charge in [0.2, 0.25) is 0 Å². The van der Waals surface area contributed by atoms with Gasteiger partial charge in [0.25, 0.3) is 0 Å². The summed E-state index contributed by atoms with van der Waals surface area (Å²) in [5.74, 6) is 0.932. The van der Waals surface area contributed by atoms with E-state index < -0.39 is 0 Å². The minimum absolute atomic E-state index is 0.0962. The Labute approximate surface area is 137 Å². The molecule has 1 atom stereocenters. The molecular formula is C18H25FN2O2. The zero-order chi connectivity index (χ0) is 16.1. The zero-order valence-corrected chi connectivity index (χ0v) is 13.5. The second-order valence-corrected chi connectivity index (χ2v) is 6.62. The predicted molar refractivity (Wildman–Crippen MR) is 87.0 cm³/mol. The van der Waals surface area contributed by atoms with Crippen molar-refractivity contribution in [2.75, 3.05) is 19.7 Å². The lowest BCUT2D eigenvalue weighted by atomic mass is 10.1. The molecule has 1 heterocycles. The number of rotatable bonds is 5. The summed E-state index contributed by atoms with van der Waals surface area (Å²) in [7, 11) is 0. The number of carbonyl (C=O) groups is 1. The lowest BCUT2D eigenvalue weighted by Gasteiger charge is -2.20. The maximum Gasteiger partial charge on any atom is 0.317 e. The summed E-state index contributed by atoms with van der Waals surface area (Å²) in [5.41, 5.74) is 0. The van der Waals surface area contributed by atoms with Gasteiger partial charge in [-0.1, -0.05) is 12.8 Å². The Hall–Kier alpha value is -1.78. The van der Waals surface area contributed by atoms with E-state index in [1.165, 1.54) is 25.0 Å². The van der Waals surface area contributed by atoms with Crippen molar-refractivity contribution in [1.29, 1.82) is 0 Å². The maximum atomic E-state index is 12.8. The van der Waals surface area contributed by atoms with Crippen LogP contribution in [0.4, 0.5) is 9.18 Å². The van der Waals surface area contributed by atoms with E-state index in [0.717, 1.165) is 38.8 Å². The molecule has 1 saturated heterocycles. The van der Waals surface area contributed by atoms with E-state index in [4.69, 9.17) is 4.74 Å². The Morgan fingerprint density at radius 1 is 1.22 bits per heavy atom. The van der Waals surface area contributed by atoms with Gasteiger partial charge in [-0.25, -0.2) is 9.18 Å². The number of hydrogen-bond acceptors (Lipinski definition) is 2. The quantitative estimate of drug-likeness (QED) is 0.901. The number of nitrogens with zero attached hydrogens (tertiary/aromatic N) is 1. The Morgan fingerprint density at radius 3 is 2.70 bits per heavy atom. The second-order valence-electron chi connectivity index (χ2n) is 6.62. The SMILES string of the molecule is O=C(NC1CCCC1)N1CCC(CCOc2ccc(F)cc2)C1. The lowest BCUT2D eigenvalue weighted by Crippen LogP contribution is -2.42. The van der Waals surface area contributed by atoms with Crippen molar-refractivity contribution in [1.82, 2.24) is 10.2 Å². The zero-order valence-electron chi connectivity index (χ0n) is 13.5. The van der Waals surface area contributed by atoms with Gasteiger partial charge < -0.3 is 15.0 Å². The molecule has 1 saturated carbocycles. The average molecular weight is 320 g/mol. The van der Waals surface area contributed by atoms with Gasteiger partial charge in [0, 0.05) is 19.1 Å². The van der Waals surface area contributed by atoms with Crippen molar-refractivity contribution < 1.29 is 13.9 Å². The highest BCUT2D eigenvalue weighted by Crippen LogP contribution is 2.22. The molecule has 1 aliphatic carbocycles. The van der Waals surface area contributed by atoms with Crippen molar-refractivity contribution >= 4 is 6.03 Å². The first kappa shape index (κ1) is 16.1. The first-order valence-corrected chi connectivity index (χ1v) is 8.64. The highest BCUT2D eigenvalue weighted by atomic mass is 19.1. The van der Waals surface area contributed by atoms with E-state index in [0.29, 0.717) is 24.3 Å². The van der Waals surface area contributed by atoms with E-state index in [-0.39, 0.29) is 11.8 Å². The Morgan fingerprint density at radius 2 is 1.96 bits per heavy atom. The predicted octanol–water partition coefficient (Wildman–Crippen LogP) is 3.57. The number of benzene rings is 1. The van der Waals surface area contributed by atoms with Crippen molar-refractivity contribution in [2.24, 2.45) is 5.92 Å². The number of nitrogens with one attached hydrogen (secondary N) is 1.